The topological polar surface area (TPSA) is 175 Å². The van der Waals surface area contributed by atoms with Gasteiger partial charge in [-0.1, -0.05) is 0 Å². The fourth-order valence-corrected chi connectivity index (χ4v) is 2.61. The van der Waals surface area contributed by atoms with Gasteiger partial charge in [-0.2, -0.15) is 4.98 Å². The lowest BCUT2D eigenvalue weighted by molar-refractivity contribution is -0.137. The van der Waals surface area contributed by atoms with Crippen molar-refractivity contribution in [1.82, 2.24) is 14.9 Å². The Kier molecular flexibility index (Phi) is 6.31. The summed E-state index contributed by atoms with van der Waals surface area (Å²) in [4.78, 5) is 26.9. The van der Waals surface area contributed by atoms with Crippen LogP contribution in [-0.2, 0) is 9.47 Å². The number of nitrogens with zero attached hydrogens (tertiary/aromatic N) is 2. The van der Waals surface area contributed by atoms with Gasteiger partial charge in [0.15, 0.2) is 0 Å². The summed E-state index contributed by atoms with van der Waals surface area (Å²) in [5, 5.41) is 22.4. The SMILES string of the molecule is NCCNC(=O)OCC[C@]1(CO)O[C@@H](n2ccc(N)nc2=O)C[C@@H]1O. The Morgan fingerprint density at radius 3 is 3.00 bits per heavy atom. The third-order valence-corrected chi connectivity index (χ3v) is 4.00. The van der Waals surface area contributed by atoms with E-state index < -0.39 is 36.3 Å². The summed E-state index contributed by atoms with van der Waals surface area (Å²) in [6, 6.07) is 1.43. The molecule has 1 fully saturated rings. The molecule has 3 atom stereocenters. The van der Waals surface area contributed by atoms with Crippen LogP contribution in [0.2, 0.25) is 0 Å². The molecule has 1 aromatic heterocycles. The van der Waals surface area contributed by atoms with E-state index in [9.17, 15) is 19.8 Å². The number of nitrogens with one attached hydrogen (secondary N) is 1. The van der Waals surface area contributed by atoms with Gasteiger partial charge in [-0.3, -0.25) is 4.57 Å². The minimum Gasteiger partial charge on any atom is -0.449 e. The van der Waals surface area contributed by atoms with Crippen LogP contribution >= 0.6 is 0 Å². The lowest BCUT2D eigenvalue weighted by atomic mass is 9.94. The summed E-state index contributed by atoms with van der Waals surface area (Å²) in [5.74, 6) is 0.0742. The normalized spacial score (nSPS) is 25.7. The van der Waals surface area contributed by atoms with Crippen molar-refractivity contribution in [2.75, 3.05) is 32.0 Å². The predicted octanol–water partition coefficient (Wildman–Crippen LogP) is -2.09. The van der Waals surface area contributed by atoms with Crippen molar-refractivity contribution < 1.29 is 24.5 Å². The average Bonchev–Trinajstić information content (AvgIpc) is 2.90. The third-order valence-electron chi connectivity index (χ3n) is 4.00. The van der Waals surface area contributed by atoms with Gasteiger partial charge < -0.3 is 36.5 Å². The summed E-state index contributed by atoms with van der Waals surface area (Å²) in [6.45, 7) is -0.0347. The molecule has 0 saturated carbocycles. The zero-order chi connectivity index (χ0) is 18.4. The van der Waals surface area contributed by atoms with Crippen LogP contribution in [0.4, 0.5) is 10.6 Å². The highest BCUT2D eigenvalue weighted by molar-refractivity contribution is 5.67. The molecule has 1 aliphatic rings. The number of anilines is 1. The van der Waals surface area contributed by atoms with Crippen LogP contribution in [-0.4, -0.2) is 63.9 Å². The molecular formula is C14H23N5O6. The molecule has 0 unspecified atom stereocenters. The minimum absolute atomic E-state index is 0.0500. The number of hydrogen-bond acceptors (Lipinski definition) is 9. The Balaban J connectivity index is 2.00. The fraction of sp³-hybridized carbons (Fsp3) is 0.643. The molecular weight excluding hydrogens is 334 g/mol. The molecule has 2 heterocycles. The second kappa shape index (κ2) is 8.25. The van der Waals surface area contributed by atoms with E-state index in [-0.39, 0.29) is 38.4 Å². The van der Waals surface area contributed by atoms with E-state index in [0.29, 0.717) is 0 Å². The molecule has 25 heavy (non-hydrogen) atoms. The first-order valence-electron chi connectivity index (χ1n) is 7.84. The number of ether oxygens (including phenoxy) is 2. The molecule has 1 aromatic rings. The van der Waals surface area contributed by atoms with Crippen molar-refractivity contribution in [2.45, 2.75) is 30.8 Å². The summed E-state index contributed by atoms with van der Waals surface area (Å²) in [5.41, 5.74) is 8.74. The van der Waals surface area contributed by atoms with Crippen LogP contribution in [0.25, 0.3) is 0 Å². The van der Waals surface area contributed by atoms with E-state index >= 15 is 0 Å². The van der Waals surface area contributed by atoms with Crippen LogP contribution in [0.3, 0.4) is 0 Å². The van der Waals surface area contributed by atoms with Gasteiger partial charge in [0.25, 0.3) is 0 Å². The van der Waals surface area contributed by atoms with Gasteiger partial charge in [-0.25, -0.2) is 9.59 Å². The van der Waals surface area contributed by atoms with Gasteiger partial charge in [-0.15, -0.1) is 0 Å². The molecule has 0 aromatic carbocycles. The van der Waals surface area contributed by atoms with Gasteiger partial charge in [-0.05, 0) is 6.07 Å². The molecule has 2 rings (SSSR count). The van der Waals surface area contributed by atoms with Crippen molar-refractivity contribution in [1.29, 1.82) is 0 Å². The molecule has 0 spiro atoms. The zero-order valence-electron chi connectivity index (χ0n) is 13.6. The molecule has 1 amide bonds. The second-order valence-corrected chi connectivity index (χ2v) is 5.69. The molecule has 11 nitrogen and oxygen atoms in total. The van der Waals surface area contributed by atoms with E-state index in [2.05, 4.69) is 10.3 Å². The van der Waals surface area contributed by atoms with E-state index in [4.69, 9.17) is 20.9 Å². The average molecular weight is 357 g/mol. The molecule has 0 radical (unpaired) electrons. The first kappa shape index (κ1) is 19.1. The Bertz CT molecular complexity index is 653. The predicted molar refractivity (Wildman–Crippen MR) is 86.5 cm³/mol. The van der Waals surface area contributed by atoms with E-state index in [1.807, 2.05) is 0 Å². The molecule has 1 aliphatic heterocycles. The Hall–Kier alpha value is -2.21. The van der Waals surface area contributed by atoms with Crippen molar-refractivity contribution in [3.05, 3.63) is 22.7 Å². The molecule has 0 bridgehead atoms. The largest absolute Gasteiger partial charge is 0.449 e. The summed E-state index contributed by atoms with van der Waals surface area (Å²) < 4.78 is 11.9. The lowest BCUT2D eigenvalue weighted by Gasteiger charge is -2.29. The standard InChI is InChI=1S/C14H23N5O6/c15-3-4-17-13(23)24-6-2-14(8-20)9(21)7-11(25-14)19-5-1-10(16)18-12(19)22/h1,5,9,11,20-21H,2-4,6-8,15H2,(H,17,23)(H2,16,18,22)/t9-,11+,14+/m0/s1. The van der Waals surface area contributed by atoms with Crippen LogP contribution in [0, 0.1) is 0 Å². The van der Waals surface area contributed by atoms with E-state index in [1.54, 1.807) is 0 Å². The Labute approximate surface area is 143 Å². The van der Waals surface area contributed by atoms with Crippen molar-refractivity contribution in [3.63, 3.8) is 0 Å². The maximum atomic E-state index is 11.9. The lowest BCUT2D eigenvalue weighted by Crippen LogP contribution is -2.44. The number of aromatic nitrogens is 2. The van der Waals surface area contributed by atoms with Crippen LogP contribution < -0.4 is 22.5 Å². The quantitative estimate of drug-likeness (QED) is 0.366. The fourth-order valence-electron chi connectivity index (χ4n) is 2.61. The number of aliphatic hydroxyl groups excluding tert-OH is 2. The first-order valence-corrected chi connectivity index (χ1v) is 7.84. The number of carbonyl (C=O) groups is 1. The van der Waals surface area contributed by atoms with Gasteiger partial charge in [0.1, 0.15) is 17.6 Å². The smallest absolute Gasteiger partial charge is 0.407 e. The minimum atomic E-state index is -1.35. The number of amides is 1. The number of aliphatic hydroxyl groups is 2. The van der Waals surface area contributed by atoms with Gasteiger partial charge in [0.2, 0.25) is 0 Å². The maximum absolute atomic E-state index is 11.9. The van der Waals surface area contributed by atoms with Crippen LogP contribution in [0.1, 0.15) is 19.1 Å². The maximum Gasteiger partial charge on any atom is 0.407 e. The first-order chi connectivity index (χ1) is 11.9. The van der Waals surface area contributed by atoms with Crippen molar-refractivity contribution in [2.24, 2.45) is 5.73 Å². The van der Waals surface area contributed by atoms with Crippen LogP contribution in [0.5, 0.6) is 0 Å². The number of nitrogens with two attached hydrogens (primary N) is 2. The summed E-state index contributed by atoms with van der Waals surface area (Å²) >= 11 is 0. The van der Waals surface area contributed by atoms with Crippen molar-refractivity contribution >= 4 is 11.9 Å². The number of carbonyl (C=O) groups excluding carboxylic acids is 1. The summed E-state index contributed by atoms with van der Waals surface area (Å²) in [6.07, 6.45) is -0.982. The van der Waals surface area contributed by atoms with E-state index in [1.165, 1.54) is 16.8 Å². The Morgan fingerprint density at radius 1 is 1.60 bits per heavy atom. The van der Waals surface area contributed by atoms with E-state index in [0.717, 1.165) is 0 Å². The molecule has 140 valence electrons. The second-order valence-electron chi connectivity index (χ2n) is 5.69. The molecule has 1 saturated heterocycles. The monoisotopic (exact) mass is 357 g/mol. The highest BCUT2D eigenvalue weighted by Crippen LogP contribution is 2.38. The highest BCUT2D eigenvalue weighted by atomic mass is 16.6. The molecule has 11 heteroatoms. The molecule has 7 N–H and O–H groups in total. The van der Waals surface area contributed by atoms with Gasteiger partial charge >= 0.3 is 11.8 Å². The van der Waals surface area contributed by atoms with Crippen molar-refractivity contribution in [3.8, 4) is 0 Å². The van der Waals surface area contributed by atoms with Crippen LogP contribution in [0.15, 0.2) is 17.1 Å². The number of hydrogen-bond donors (Lipinski definition) is 5. The van der Waals surface area contributed by atoms with Gasteiger partial charge in [0.05, 0.1) is 19.3 Å². The van der Waals surface area contributed by atoms with Gasteiger partial charge in [0, 0.05) is 32.1 Å². The number of nitrogen functional groups attached to an aromatic ring is 1. The third kappa shape index (κ3) is 4.45. The summed E-state index contributed by atoms with van der Waals surface area (Å²) in [7, 11) is 0. The highest BCUT2D eigenvalue weighted by Gasteiger charge is 2.48. The molecule has 0 aliphatic carbocycles. The Morgan fingerprint density at radius 2 is 2.36 bits per heavy atom. The number of rotatable bonds is 7. The number of alkyl carbamates (subject to hydrolysis) is 1. The zero-order valence-corrected chi connectivity index (χ0v) is 13.6.